The maximum atomic E-state index is 13.8. The van der Waals surface area contributed by atoms with Gasteiger partial charge in [0.2, 0.25) is 5.75 Å². The second kappa shape index (κ2) is 11.0. The van der Waals surface area contributed by atoms with Gasteiger partial charge in [-0.25, -0.2) is 9.79 Å². The van der Waals surface area contributed by atoms with E-state index in [0.717, 1.165) is 0 Å². The number of aromatic nitrogens is 1. The highest BCUT2D eigenvalue weighted by Crippen LogP contribution is 2.42. The third-order valence-corrected chi connectivity index (χ3v) is 7.60. The zero-order chi connectivity index (χ0) is 26.9. The first kappa shape index (κ1) is 26.8. The van der Waals surface area contributed by atoms with Crippen LogP contribution >= 0.6 is 34.5 Å². The van der Waals surface area contributed by atoms with Crippen molar-refractivity contribution in [2.24, 2.45) is 4.99 Å². The van der Waals surface area contributed by atoms with Crippen molar-refractivity contribution in [1.29, 1.82) is 0 Å². The molecule has 1 aromatic heterocycles. The minimum atomic E-state index is -0.860. The average Bonchev–Trinajstić information content (AvgIpc) is 3.19. The third-order valence-electron chi connectivity index (χ3n) is 5.79. The number of allylic oxidation sites excluding steroid dienone is 1. The number of esters is 1. The monoisotopic (exact) mass is 562 g/mol. The smallest absolute Gasteiger partial charge is 0.338 e. The van der Waals surface area contributed by atoms with Crippen molar-refractivity contribution in [3.05, 3.63) is 82.5 Å². The first-order valence-electron chi connectivity index (χ1n) is 11.2. The minimum Gasteiger partial charge on any atom is -0.493 e. The summed E-state index contributed by atoms with van der Waals surface area (Å²) in [5.74, 6) is 0.565. The molecule has 3 aromatic rings. The summed E-state index contributed by atoms with van der Waals surface area (Å²) in [6, 6.07) is 7.73. The molecule has 0 unspecified atom stereocenters. The van der Waals surface area contributed by atoms with Crippen LogP contribution in [0.2, 0.25) is 10.0 Å². The van der Waals surface area contributed by atoms with E-state index < -0.39 is 12.0 Å². The molecule has 0 bridgehead atoms. The number of carbonyl (C=O) groups excluding carboxylic acids is 1. The summed E-state index contributed by atoms with van der Waals surface area (Å²) in [5.41, 5.74) is 1.46. The number of hydrogen-bond acceptors (Lipinski definition) is 8. The van der Waals surface area contributed by atoms with Crippen LogP contribution in [0.15, 0.2) is 51.4 Å². The van der Waals surface area contributed by atoms with Crippen LogP contribution in [0.1, 0.15) is 31.0 Å². The molecule has 1 aliphatic heterocycles. The van der Waals surface area contributed by atoms with Gasteiger partial charge in [-0.1, -0.05) is 46.7 Å². The predicted molar refractivity (Wildman–Crippen MR) is 143 cm³/mol. The van der Waals surface area contributed by atoms with Crippen LogP contribution in [0.25, 0.3) is 6.08 Å². The topological polar surface area (TPSA) is 88.4 Å². The summed E-state index contributed by atoms with van der Waals surface area (Å²) in [5, 5.41) is 0.707. The summed E-state index contributed by atoms with van der Waals surface area (Å²) in [7, 11) is 4.49. The first-order valence-corrected chi connectivity index (χ1v) is 12.8. The molecule has 0 saturated carbocycles. The van der Waals surface area contributed by atoms with Crippen LogP contribution in [0.4, 0.5) is 0 Å². The van der Waals surface area contributed by atoms with E-state index in [0.29, 0.717) is 53.5 Å². The van der Waals surface area contributed by atoms with E-state index in [1.54, 1.807) is 50.3 Å². The van der Waals surface area contributed by atoms with Crippen LogP contribution in [-0.4, -0.2) is 38.5 Å². The Labute approximate surface area is 227 Å². The predicted octanol–water partition coefficient (Wildman–Crippen LogP) is 4.13. The number of rotatable bonds is 7. The fraction of sp³-hybridized carbons (Fsp3) is 0.269. The van der Waals surface area contributed by atoms with Gasteiger partial charge >= 0.3 is 5.97 Å². The number of halogens is 2. The van der Waals surface area contributed by atoms with E-state index in [9.17, 15) is 9.59 Å². The van der Waals surface area contributed by atoms with E-state index in [1.165, 1.54) is 37.2 Å². The Kier molecular flexibility index (Phi) is 7.96. The Morgan fingerprint density at radius 3 is 2.41 bits per heavy atom. The second-order valence-corrected chi connectivity index (χ2v) is 9.70. The van der Waals surface area contributed by atoms with Crippen LogP contribution < -0.4 is 29.1 Å². The minimum absolute atomic E-state index is 0.162. The molecule has 0 fully saturated rings. The molecule has 194 valence electrons. The van der Waals surface area contributed by atoms with Crippen molar-refractivity contribution in [3.63, 3.8) is 0 Å². The van der Waals surface area contributed by atoms with Gasteiger partial charge in [0.1, 0.15) is 0 Å². The van der Waals surface area contributed by atoms with Crippen LogP contribution in [0.5, 0.6) is 17.2 Å². The van der Waals surface area contributed by atoms with E-state index in [2.05, 4.69) is 4.99 Å². The Morgan fingerprint density at radius 2 is 1.81 bits per heavy atom. The summed E-state index contributed by atoms with van der Waals surface area (Å²) < 4.78 is 23.7. The van der Waals surface area contributed by atoms with E-state index in [-0.39, 0.29) is 17.7 Å². The van der Waals surface area contributed by atoms with E-state index in [4.69, 9.17) is 42.1 Å². The van der Waals surface area contributed by atoms with E-state index in [1.807, 2.05) is 0 Å². The fourth-order valence-corrected chi connectivity index (χ4v) is 5.54. The van der Waals surface area contributed by atoms with Crippen molar-refractivity contribution in [2.45, 2.75) is 19.9 Å². The third kappa shape index (κ3) is 4.86. The molecule has 0 amide bonds. The molecule has 8 nitrogen and oxygen atoms in total. The van der Waals surface area contributed by atoms with E-state index >= 15 is 0 Å². The number of thiazole rings is 1. The van der Waals surface area contributed by atoms with Crippen molar-refractivity contribution in [1.82, 2.24) is 4.57 Å². The average molecular weight is 563 g/mol. The highest BCUT2D eigenvalue weighted by molar-refractivity contribution is 7.07. The zero-order valence-electron chi connectivity index (χ0n) is 20.8. The van der Waals surface area contributed by atoms with Gasteiger partial charge in [0.15, 0.2) is 16.3 Å². The van der Waals surface area contributed by atoms with Gasteiger partial charge < -0.3 is 18.9 Å². The molecule has 0 aliphatic carbocycles. The lowest BCUT2D eigenvalue weighted by Crippen LogP contribution is -2.40. The Hall–Kier alpha value is -3.27. The Morgan fingerprint density at radius 1 is 1.14 bits per heavy atom. The number of ether oxygens (including phenoxy) is 4. The number of methoxy groups -OCH3 is 3. The van der Waals surface area contributed by atoms with Gasteiger partial charge in [-0.15, -0.1) is 0 Å². The van der Waals surface area contributed by atoms with Crippen molar-refractivity contribution >= 4 is 46.6 Å². The zero-order valence-corrected chi connectivity index (χ0v) is 23.1. The lowest BCUT2D eigenvalue weighted by Gasteiger charge is -2.26. The van der Waals surface area contributed by atoms with Crippen molar-refractivity contribution < 1.29 is 23.7 Å². The van der Waals surface area contributed by atoms with Crippen molar-refractivity contribution in [2.75, 3.05) is 27.9 Å². The Bertz CT molecular complexity index is 1570. The molecule has 0 N–H and O–H groups in total. The molecule has 0 saturated heterocycles. The number of carbonyl (C=O) groups is 1. The number of fused-ring (bicyclic) bond motifs is 1. The SMILES string of the molecule is CCOC(=O)C1=C(C)N=c2s/c(=C\c3cccc(Cl)c3Cl)c(=O)n2[C@@H]1c1cc(OC)c(OC)c(OC)c1. The van der Waals surface area contributed by atoms with Gasteiger partial charge in [0.05, 0.1) is 59.8 Å². The van der Waals surface area contributed by atoms with Crippen LogP contribution in [-0.2, 0) is 9.53 Å². The quantitative estimate of drug-likeness (QED) is 0.402. The molecule has 0 radical (unpaired) electrons. The largest absolute Gasteiger partial charge is 0.493 e. The van der Waals surface area contributed by atoms with Crippen molar-refractivity contribution in [3.8, 4) is 17.2 Å². The summed E-state index contributed by atoms with van der Waals surface area (Å²) in [4.78, 5) is 32.0. The molecule has 1 atom stereocenters. The lowest BCUT2D eigenvalue weighted by molar-refractivity contribution is -0.139. The number of benzene rings is 2. The fourth-order valence-electron chi connectivity index (χ4n) is 4.14. The van der Waals surface area contributed by atoms with Gasteiger partial charge in [-0.3, -0.25) is 9.36 Å². The molecular weight excluding hydrogens is 539 g/mol. The standard InChI is InChI=1S/C26H24Cl2N2O6S/c1-6-36-25(32)20-13(2)29-26-30(22(20)15-10-17(33-3)23(35-5)18(11-15)34-4)24(31)19(37-26)12-14-8-7-9-16(27)21(14)28/h7-12,22H,6H2,1-5H3/b19-12-/t22-/m1/s1. The second-order valence-electron chi connectivity index (χ2n) is 7.90. The molecule has 1 aliphatic rings. The first-order chi connectivity index (χ1) is 17.7. The molecule has 4 rings (SSSR count). The maximum absolute atomic E-state index is 13.8. The summed E-state index contributed by atoms with van der Waals surface area (Å²) in [6.07, 6.45) is 1.66. The normalized spacial score (nSPS) is 15.2. The number of nitrogens with zero attached hydrogens (tertiary/aromatic N) is 2. The molecular formula is C26H24Cl2N2O6S. The Balaban J connectivity index is 2.03. The van der Waals surface area contributed by atoms with Gasteiger partial charge in [-0.2, -0.15) is 0 Å². The highest BCUT2D eigenvalue weighted by atomic mass is 35.5. The van der Waals surface area contributed by atoms with Crippen LogP contribution in [0.3, 0.4) is 0 Å². The molecule has 0 spiro atoms. The summed E-state index contributed by atoms with van der Waals surface area (Å²) in [6.45, 7) is 3.59. The molecule has 2 heterocycles. The lowest BCUT2D eigenvalue weighted by atomic mass is 9.95. The van der Waals surface area contributed by atoms with Gasteiger partial charge in [-0.05, 0) is 49.2 Å². The number of hydrogen-bond donors (Lipinski definition) is 0. The van der Waals surface area contributed by atoms with Crippen LogP contribution in [0, 0.1) is 0 Å². The maximum Gasteiger partial charge on any atom is 0.338 e. The summed E-state index contributed by atoms with van der Waals surface area (Å²) >= 11 is 13.7. The molecule has 37 heavy (non-hydrogen) atoms. The molecule has 11 heteroatoms. The van der Waals surface area contributed by atoms with Gasteiger partial charge in [0, 0.05) is 0 Å². The molecule has 2 aromatic carbocycles. The highest BCUT2D eigenvalue weighted by Gasteiger charge is 2.34. The van der Waals surface area contributed by atoms with Gasteiger partial charge in [0.25, 0.3) is 5.56 Å².